The molecule has 3 aliphatic rings. The van der Waals surface area contributed by atoms with Crippen molar-refractivity contribution in [2.24, 2.45) is 0 Å². The normalized spacial score (nSPS) is 16.3. The van der Waals surface area contributed by atoms with Crippen LogP contribution in [0.2, 0.25) is 0 Å². The quantitative estimate of drug-likeness (QED) is 0.140. The molecular weight excluding hydrogens is 879 g/mol. The minimum absolute atomic E-state index is 0.320. The van der Waals surface area contributed by atoms with Crippen molar-refractivity contribution >= 4 is 46.5 Å². The number of allylic oxidation sites excluding steroid dienone is 2. The molecule has 2 unspecified atom stereocenters. The van der Waals surface area contributed by atoms with Crippen molar-refractivity contribution < 1.29 is 21.4 Å². The summed E-state index contributed by atoms with van der Waals surface area (Å²) >= 11 is -3.37. The second kappa shape index (κ2) is 14.6. The average molecular weight is 923 g/mol. The first-order valence-corrected chi connectivity index (χ1v) is 28.0. The number of hydrogen-bond acceptors (Lipinski definition) is 0. The molecule has 0 spiro atoms. The van der Waals surface area contributed by atoms with E-state index in [2.05, 4.69) is 214 Å². The Hall–Kier alpha value is -5.67. The van der Waals surface area contributed by atoms with E-state index < -0.39 is 31.0 Å². The molecule has 0 N–H and O–H groups in total. The van der Waals surface area contributed by atoms with Crippen LogP contribution in [0.3, 0.4) is 0 Å². The van der Waals surface area contributed by atoms with Gasteiger partial charge in [0.15, 0.2) is 0 Å². The van der Waals surface area contributed by atoms with E-state index in [1.807, 2.05) is 0 Å². The second-order valence-corrected chi connectivity index (χ2v) is 27.3. The zero-order valence-electron chi connectivity index (χ0n) is 32.9. The predicted octanol–water partition coefficient (Wildman–Crippen LogP) is 11.6. The zero-order chi connectivity index (χ0) is 38.7. The van der Waals surface area contributed by atoms with E-state index in [4.69, 9.17) is 0 Å². The van der Waals surface area contributed by atoms with Crippen LogP contribution in [0.5, 0.6) is 0 Å². The van der Waals surface area contributed by atoms with Crippen molar-refractivity contribution in [1.82, 2.24) is 0 Å². The van der Waals surface area contributed by atoms with E-state index in [1.54, 1.807) is 13.7 Å². The van der Waals surface area contributed by atoms with Crippen LogP contribution in [0.4, 0.5) is 0 Å². The van der Waals surface area contributed by atoms with Crippen molar-refractivity contribution in [1.29, 1.82) is 0 Å². The molecule has 0 amide bonds. The molecule has 2 atom stereocenters. The standard InChI is InChI=1S/2C22H17.C12H9Si.Hf/c2*1-16-8-5-6-12-20(16)21-13-7-11-18-14-19(15-22(18)21)17-9-3-2-4-10-17;1-3-7-11-9(5-1)10-6-2-4-8-12(10)13-11;/h2*2-15H,1H3;1-7H,13H2;. The molecule has 275 valence electrons. The van der Waals surface area contributed by atoms with Crippen LogP contribution in [-0.2, 0) is 21.4 Å². The summed E-state index contributed by atoms with van der Waals surface area (Å²) in [5.41, 5.74) is 22.6. The molecular formula is C56H43HfSi. The first-order chi connectivity index (χ1) is 28.6. The summed E-state index contributed by atoms with van der Waals surface area (Å²) in [6, 6.07) is 71.8. The molecule has 8 aromatic carbocycles. The molecule has 58 heavy (non-hydrogen) atoms. The fraction of sp³-hybridized carbons (Fsp3) is 0.0714. The minimum atomic E-state index is -3.37. The van der Waals surface area contributed by atoms with E-state index in [9.17, 15) is 0 Å². The molecule has 0 fully saturated rings. The predicted molar refractivity (Wildman–Crippen MR) is 247 cm³/mol. The maximum absolute atomic E-state index is 3.37. The Balaban J connectivity index is 1.23. The maximum atomic E-state index is 2.61. The topological polar surface area (TPSA) is 0 Å². The number of fused-ring (bicyclic) bond motifs is 5. The molecule has 0 bridgehead atoms. The van der Waals surface area contributed by atoms with Gasteiger partial charge >= 0.3 is 355 Å². The van der Waals surface area contributed by atoms with Gasteiger partial charge in [0.1, 0.15) is 0 Å². The third-order valence-electron chi connectivity index (χ3n) is 13.0. The van der Waals surface area contributed by atoms with Crippen molar-refractivity contribution in [2.45, 2.75) is 21.2 Å². The van der Waals surface area contributed by atoms with Gasteiger partial charge in [0.05, 0.1) is 0 Å². The first-order valence-electron chi connectivity index (χ1n) is 20.6. The monoisotopic (exact) mass is 923 g/mol. The number of benzene rings is 8. The molecule has 1 heterocycles. The van der Waals surface area contributed by atoms with E-state index in [0.29, 0.717) is 7.35 Å². The van der Waals surface area contributed by atoms with Gasteiger partial charge in [-0.15, -0.1) is 0 Å². The summed E-state index contributed by atoms with van der Waals surface area (Å²) in [4.78, 5) is 0. The summed E-state index contributed by atoms with van der Waals surface area (Å²) in [6.07, 6.45) is 5.23. The van der Waals surface area contributed by atoms with Crippen LogP contribution in [0.15, 0.2) is 188 Å². The van der Waals surface area contributed by atoms with Crippen LogP contribution in [0.1, 0.15) is 51.9 Å². The van der Waals surface area contributed by atoms with Crippen molar-refractivity contribution in [3.05, 3.63) is 233 Å². The van der Waals surface area contributed by atoms with Gasteiger partial charge < -0.3 is 0 Å². The molecule has 0 radical (unpaired) electrons. The molecule has 2 aliphatic carbocycles. The summed E-state index contributed by atoms with van der Waals surface area (Å²) in [5.74, 6) is 0. The van der Waals surface area contributed by atoms with Gasteiger partial charge in [0.25, 0.3) is 0 Å². The summed E-state index contributed by atoms with van der Waals surface area (Å²) in [6.45, 7) is 4.53. The zero-order valence-corrected chi connectivity index (χ0v) is 37.9. The second-order valence-electron chi connectivity index (χ2n) is 16.2. The van der Waals surface area contributed by atoms with E-state index in [1.165, 1.54) is 89.0 Å². The summed E-state index contributed by atoms with van der Waals surface area (Å²) in [5, 5.41) is 3.30. The molecule has 8 aromatic rings. The molecule has 0 saturated carbocycles. The van der Waals surface area contributed by atoms with Gasteiger partial charge in [-0.25, -0.2) is 0 Å². The van der Waals surface area contributed by atoms with E-state index in [0.717, 1.165) is 0 Å². The van der Waals surface area contributed by atoms with Crippen molar-refractivity contribution in [3.63, 3.8) is 0 Å². The Labute approximate surface area is 352 Å². The van der Waals surface area contributed by atoms with Gasteiger partial charge in [-0.3, -0.25) is 0 Å². The van der Waals surface area contributed by atoms with Crippen molar-refractivity contribution in [2.75, 3.05) is 0 Å². The third-order valence-corrected chi connectivity index (χ3v) is 29.2. The van der Waals surface area contributed by atoms with Gasteiger partial charge in [-0.2, -0.15) is 0 Å². The van der Waals surface area contributed by atoms with Crippen LogP contribution in [-0.4, -0.2) is 9.52 Å². The van der Waals surface area contributed by atoms with Gasteiger partial charge in [0, 0.05) is 0 Å². The van der Waals surface area contributed by atoms with Gasteiger partial charge in [-0.1, -0.05) is 0 Å². The van der Waals surface area contributed by atoms with E-state index in [-0.39, 0.29) is 0 Å². The Bertz CT molecular complexity index is 2800. The van der Waals surface area contributed by atoms with Crippen LogP contribution < -0.4 is 13.7 Å². The third kappa shape index (κ3) is 5.80. The van der Waals surface area contributed by atoms with Crippen LogP contribution in [0.25, 0.3) is 56.7 Å². The molecule has 11 rings (SSSR count). The van der Waals surface area contributed by atoms with Gasteiger partial charge in [0.2, 0.25) is 0 Å². The molecule has 0 saturated heterocycles. The SMILES string of the molecule is Cc1ccccc1-c1cccc2c1C=C(c1ccccc1)[CH]2[Hf]([c]1cccc2c1[SiH2]c1ccccc1-2)[CH]1C(c2ccccc2)=Cc2c(-c3ccccc3C)cccc21. The Morgan fingerprint density at radius 3 is 1.34 bits per heavy atom. The average Bonchev–Trinajstić information content (AvgIpc) is 3.98. The van der Waals surface area contributed by atoms with Gasteiger partial charge in [-0.05, 0) is 0 Å². The molecule has 0 aromatic heterocycles. The Kier molecular flexibility index (Phi) is 8.94. The fourth-order valence-electron chi connectivity index (χ4n) is 10.4. The van der Waals surface area contributed by atoms with Crippen LogP contribution in [0, 0.1) is 13.8 Å². The Morgan fingerprint density at radius 2 is 0.810 bits per heavy atom. The first kappa shape index (κ1) is 35.5. The van der Waals surface area contributed by atoms with Crippen molar-refractivity contribution in [3.8, 4) is 33.4 Å². The Morgan fingerprint density at radius 1 is 0.379 bits per heavy atom. The molecule has 0 nitrogen and oxygen atoms in total. The fourth-order valence-corrected chi connectivity index (χ4v) is 29.6. The van der Waals surface area contributed by atoms with Crippen LogP contribution >= 0.6 is 0 Å². The number of rotatable bonds is 7. The molecule has 2 heteroatoms. The number of aryl methyl sites for hydroxylation is 2. The summed E-state index contributed by atoms with van der Waals surface area (Å²) in [7, 11) is -0.692. The summed E-state index contributed by atoms with van der Waals surface area (Å²) < 4.78 is 2.37. The number of hydrogen-bond donors (Lipinski definition) is 0. The van der Waals surface area contributed by atoms with E-state index >= 15 is 0 Å². The molecule has 1 aliphatic heterocycles.